The number of rotatable bonds is 6. The highest BCUT2D eigenvalue weighted by atomic mass is 16.5. The number of H-pyrrole nitrogens is 1. The summed E-state index contributed by atoms with van der Waals surface area (Å²) in [6, 6.07) is -1.06. The number of nitrogens with zero attached hydrogens (tertiary/aromatic N) is 2. The summed E-state index contributed by atoms with van der Waals surface area (Å²) >= 11 is 0. The third-order valence-corrected chi connectivity index (χ3v) is 2.76. The Bertz CT molecular complexity index is 533. The number of hydrogen-bond donors (Lipinski definition) is 2. The maximum absolute atomic E-state index is 12.4. The zero-order valence-corrected chi connectivity index (χ0v) is 12.5. The molecule has 1 aromatic rings. The van der Waals surface area contributed by atoms with E-state index in [4.69, 9.17) is 6.42 Å². The van der Waals surface area contributed by atoms with E-state index in [1.54, 1.807) is 11.1 Å². The number of ether oxygens (including phenoxy) is 1. The van der Waals surface area contributed by atoms with Crippen LogP contribution >= 0.6 is 0 Å². The van der Waals surface area contributed by atoms with Crippen molar-refractivity contribution in [1.82, 2.24) is 20.2 Å². The number of imidazole rings is 1. The summed E-state index contributed by atoms with van der Waals surface area (Å²) in [5.74, 6) is 2.57. The maximum Gasteiger partial charge on any atom is 0.408 e. The highest BCUT2D eigenvalue weighted by molar-refractivity contribution is 5.88. The molecular weight excluding hydrogens is 272 g/mol. The first-order chi connectivity index (χ1) is 10.0. The summed E-state index contributed by atoms with van der Waals surface area (Å²) in [4.78, 5) is 32.4. The molecule has 0 radical (unpaired) electrons. The summed E-state index contributed by atoms with van der Waals surface area (Å²) in [5, 5.41) is 2.33. The van der Waals surface area contributed by atoms with Crippen molar-refractivity contribution in [3.8, 4) is 12.3 Å². The molecule has 1 heterocycles. The van der Waals surface area contributed by atoms with Crippen LogP contribution in [0.15, 0.2) is 6.20 Å². The van der Waals surface area contributed by atoms with Gasteiger partial charge in [-0.2, -0.15) is 0 Å². The van der Waals surface area contributed by atoms with E-state index in [9.17, 15) is 9.59 Å². The number of aryl methyl sites for hydroxylation is 1. The largest absolute Gasteiger partial charge is 0.453 e. The minimum absolute atomic E-state index is 0.307. The van der Waals surface area contributed by atoms with Crippen molar-refractivity contribution in [3.63, 3.8) is 0 Å². The van der Waals surface area contributed by atoms with Crippen molar-refractivity contribution in [3.05, 3.63) is 17.7 Å². The predicted octanol–water partition coefficient (Wildman–Crippen LogP) is 0.815. The normalized spacial score (nSPS) is 11.3. The van der Waals surface area contributed by atoms with E-state index in [1.807, 2.05) is 13.8 Å². The van der Waals surface area contributed by atoms with Crippen LogP contribution in [0.2, 0.25) is 0 Å². The molecule has 0 bridgehead atoms. The molecule has 0 aromatic carbocycles. The van der Waals surface area contributed by atoms with Gasteiger partial charge in [0.15, 0.2) is 6.04 Å². The fourth-order valence-electron chi connectivity index (χ4n) is 1.80. The maximum atomic E-state index is 12.4. The number of carbonyl (C=O) groups is 2. The molecule has 7 nitrogen and oxygen atoms in total. The summed E-state index contributed by atoms with van der Waals surface area (Å²) in [5.41, 5.74) is 0.912. The van der Waals surface area contributed by atoms with Gasteiger partial charge in [0.2, 0.25) is 0 Å². The monoisotopic (exact) mass is 292 g/mol. The van der Waals surface area contributed by atoms with Gasteiger partial charge in [-0.25, -0.2) is 9.78 Å². The molecule has 0 fully saturated rings. The standard InChI is InChI=1S/C14H20N4O3/c1-5-7-18(9-12-15-8-10(3)16-12)13(19)11(6-2)17-14(20)21-4/h2,8,11H,5,7,9H2,1,3-4H3,(H,15,16)(H,17,20). The third kappa shape index (κ3) is 4.84. The minimum atomic E-state index is -1.06. The molecule has 0 aliphatic rings. The molecule has 2 amide bonds. The van der Waals surface area contributed by atoms with Crippen LogP contribution in [-0.4, -0.2) is 46.6 Å². The van der Waals surface area contributed by atoms with Gasteiger partial charge in [0.05, 0.1) is 13.7 Å². The number of aromatic amines is 1. The third-order valence-electron chi connectivity index (χ3n) is 2.76. The molecular formula is C14H20N4O3. The van der Waals surface area contributed by atoms with Gasteiger partial charge in [0.1, 0.15) is 5.82 Å². The van der Waals surface area contributed by atoms with E-state index in [1.165, 1.54) is 7.11 Å². The Balaban J connectivity index is 2.80. The lowest BCUT2D eigenvalue weighted by atomic mass is 10.2. The average molecular weight is 292 g/mol. The quantitative estimate of drug-likeness (QED) is 0.760. The Labute approximate surface area is 124 Å². The van der Waals surface area contributed by atoms with Gasteiger partial charge >= 0.3 is 6.09 Å². The second kappa shape index (κ2) is 7.94. The molecule has 0 spiro atoms. The molecule has 1 rings (SSSR count). The van der Waals surface area contributed by atoms with Crippen LogP contribution in [0.4, 0.5) is 4.79 Å². The molecule has 1 aromatic heterocycles. The van der Waals surface area contributed by atoms with Crippen LogP contribution in [0.1, 0.15) is 24.9 Å². The molecule has 1 unspecified atom stereocenters. The molecule has 2 N–H and O–H groups in total. The minimum Gasteiger partial charge on any atom is -0.453 e. The molecule has 0 aliphatic carbocycles. The van der Waals surface area contributed by atoms with Gasteiger partial charge < -0.3 is 14.6 Å². The van der Waals surface area contributed by atoms with E-state index >= 15 is 0 Å². The van der Waals surface area contributed by atoms with Crippen LogP contribution in [0, 0.1) is 19.3 Å². The van der Waals surface area contributed by atoms with Crippen LogP contribution in [0.5, 0.6) is 0 Å². The van der Waals surface area contributed by atoms with E-state index in [-0.39, 0.29) is 5.91 Å². The van der Waals surface area contributed by atoms with Crippen molar-refractivity contribution in [2.45, 2.75) is 32.9 Å². The lowest BCUT2D eigenvalue weighted by Crippen LogP contribution is -2.47. The van der Waals surface area contributed by atoms with Gasteiger partial charge in [-0.3, -0.25) is 10.1 Å². The summed E-state index contributed by atoms with van der Waals surface area (Å²) in [6.07, 6.45) is 7.03. The predicted molar refractivity (Wildman–Crippen MR) is 77.2 cm³/mol. The zero-order valence-electron chi connectivity index (χ0n) is 12.5. The van der Waals surface area contributed by atoms with Gasteiger partial charge in [0.25, 0.3) is 5.91 Å². The SMILES string of the molecule is C#CC(NC(=O)OC)C(=O)N(CCC)Cc1ncc(C)[nH]1. The van der Waals surface area contributed by atoms with Gasteiger partial charge in [-0.1, -0.05) is 12.8 Å². The van der Waals surface area contributed by atoms with Crippen molar-refractivity contribution >= 4 is 12.0 Å². The topological polar surface area (TPSA) is 87.3 Å². The Morgan fingerprint density at radius 2 is 2.33 bits per heavy atom. The smallest absolute Gasteiger partial charge is 0.408 e. The molecule has 0 saturated carbocycles. The summed E-state index contributed by atoms with van der Waals surface area (Å²) < 4.78 is 4.46. The van der Waals surface area contributed by atoms with E-state index in [0.717, 1.165) is 12.1 Å². The number of nitrogens with one attached hydrogen (secondary N) is 2. The lowest BCUT2D eigenvalue weighted by molar-refractivity contribution is -0.132. The zero-order chi connectivity index (χ0) is 15.8. The molecule has 21 heavy (non-hydrogen) atoms. The van der Waals surface area contributed by atoms with E-state index in [0.29, 0.717) is 18.9 Å². The first-order valence-electron chi connectivity index (χ1n) is 6.61. The van der Waals surface area contributed by atoms with Gasteiger partial charge in [-0.15, -0.1) is 6.42 Å². The van der Waals surface area contributed by atoms with Crippen molar-refractivity contribution in [2.75, 3.05) is 13.7 Å². The Kier molecular flexibility index (Phi) is 6.27. The van der Waals surface area contributed by atoms with E-state index in [2.05, 4.69) is 25.9 Å². The first-order valence-corrected chi connectivity index (χ1v) is 6.61. The fraction of sp³-hybridized carbons (Fsp3) is 0.500. The van der Waals surface area contributed by atoms with Crippen molar-refractivity contribution in [2.24, 2.45) is 0 Å². The fourth-order valence-corrected chi connectivity index (χ4v) is 1.80. The van der Waals surface area contributed by atoms with Gasteiger partial charge in [0, 0.05) is 18.4 Å². The summed E-state index contributed by atoms with van der Waals surface area (Å²) in [6.45, 7) is 4.65. The number of amides is 2. The van der Waals surface area contributed by atoms with Gasteiger partial charge in [-0.05, 0) is 13.3 Å². The highest BCUT2D eigenvalue weighted by Gasteiger charge is 2.24. The average Bonchev–Trinajstić information content (AvgIpc) is 2.88. The molecule has 1 atom stereocenters. The lowest BCUT2D eigenvalue weighted by Gasteiger charge is -2.24. The Morgan fingerprint density at radius 1 is 1.62 bits per heavy atom. The number of methoxy groups -OCH3 is 1. The number of carbonyl (C=O) groups excluding carboxylic acids is 2. The number of hydrogen-bond acceptors (Lipinski definition) is 4. The van der Waals surface area contributed by atoms with Crippen LogP contribution < -0.4 is 5.32 Å². The Morgan fingerprint density at radius 3 is 2.81 bits per heavy atom. The van der Waals surface area contributed by atoms with Crippen LogP contribution in [0.3, 0.4) is 0 Å². The molecule has 0 aliphatic heterocycles. The molecule has 114 valence electrons. The molecule has 0 saturated heterocycles. The van der Waals surface area contributed by atoms with Crippen molar-refractivity contribution < 1.29 is 14.3 Å². The second-order valence-corrected chi connectivity index (χ2v) is 4.51. The Hall–Kier alpha value is -2.49. The molecule has 7 heteroatoms. The number of terminal acetylenes is 1. The second-order valence-electron chi connectivity index (χ2n) is 4.51. The summed E-state index contributed by atoms with van der Waals surface area (Å²) in [7, 11) is 1.21. The highest BCUT2D eigenvalue weighted by Crippen LogP contribution is 2.05. The van der Waals surface area contributed by atoms with E-state index < -0.39 is 12.1 Å². The van der Waals surface area contributed by atoms with Crippen LogP contribution in [0.25, 0.3) is 0 Å². The number of aromatic nitrogens is 2. The van der Waals surface area contributed by atoms with Crippen LogP contribution in [-0.2, 0) is 16.1 Å². The van der Waals surface area contributed by atoms with Crippen molar-refractivity contribution in [1.29, 1.82) is 0 Å². The number of alkyl carbamates (subject to hydrolysis) is 1. The first kappa shape index (κ1) is 16.6.